The van der Waals surface area contributed by atoms with Gasteiger partial charge in [-0.25, -0.2) is 4.79 Å². The molecule has 0 fully saturated rings. The number of rotatable bonds is 4. The Bertz CT molecular complexity index is 273. The summed E-state index contributed by atoms with van der Waals surface area (Å²) in [5.41, 5.74) is -0.831. The van der Waals surface area contributed by atoms with E-state index in [-0.39, 0.29) is 0 Å². The van der Waals surface area contributed by atoms with Crippen LogP contribution in [0.2, 0.25) is 0 Å². The number of carboxylic acid groups (broad SMARTS) is 1. The van der Waals surface area contributed by atoms with E-state index in [0.29, 0.717) is 5.75 Å². The average Bonchev–Trinajstić information content (AvgIpc) is 2.15. The Morgan fingerprint density at radius 1 is 1.46 bits per heavy atom. The minimum Gasteiger partial charge on any atom is -0.478 e. The number of thioether (sulfide) groups is 1. The highest BCUT2D eigenvalue weighted by Crippen LogP contribution is 2.16. The molecule has 0 heterocycles. The van der Waals surface area contributed by atoms with Gasteiger partial charge in [0, 0.05) is 0 Å². The monoisotopic (exact) mass is 198 g/mol. The molecule has 70 valence electrons. The van der Waals surface area contributed by atoms with E-state index in [1.807, 2.05) is 6.07 Å². The Balaban J connectivity index is 2.62. The summed E-state index contributed by atoms with van der Waals surface area (Å²) in [6.07, 6.45) is 1.70. The van der Waals surface area contributed by atoms with Crippen molar-refractivity contribution in [2.75, 3.05) is 6.26 Å². The van der Waals surface area contributed by atoms with Crippen molar-refractivity contribution in [2.45, 2.75) is 5.44 Å². The summed E-state index contributed by atoms with van der Waals surface area (Å²) in [5.74, 6) is -0.388. The largest absolute Gasteiger partial charge is 0.478 e. The molecular formula is C9H10O3S. The van der Waals surface area contributed by atoms with Crippen molar-refractivity contribution in [2.24, 2.45) is 0 Å². The van der Waals surface area contributed by atoms with E-state index in [0.717, 1.165) is 11.8 Å². The molecule has 0 radical (unpaired) electrons. The number of benzene rings is 1. The van der Waals surface area contributed by atoms with Gasteiger partial charge in [-0.15, -0.1) is 11.8 Å². The Labute approximate surface area is 80.7 Å². The Morgan fingerprint density at radius 2 is 2.08 bits per heavy atom. The van der Waals surface area contributed by atoms with Crippen LogP contribution in [-0.4, -0.2) is 22.8 Å². The van der Waals surface area contributed by atoms with Gasteiger partial charge in [-0.3, -0.25) is 0 Å². The molecule has 1 unspecified atom stereocenters. The van der Waals surface area contributed by atoms with Gasteiger partial charge in [0.2, 0.25) is 5.44 Å². The first-order valence-electron chi connectivity index (χ1n) is 3.71. The number of para-hydroxylation sites is 1. The summed E-state index contributed by atoms with van der Waals surface area (Å²) in [6.45, 7) is 0. The molecule has 1 aromatic rings. The van der Waals surface area contributed by atoms with Crippen LogP contribution in [0.4, 0.5) is 0 Å². The van der Waals surface area contributed by atoms with Crippen LogP contribution in [0.5, 0.6) is 5.75 Å². The van der Waals surface area contributed by atoms with E-state index in [1.54, 1.807) is 30.5 Å². The molecule has 0 aromatic heterocycles. The van der Waals surface area contributed by atoms with Gasteiger partial charge < -0.3 is 9.84 Å². The van der Waals surface area contributed by atoms with Crippen molar-refractivity contribution < 1.29 is 14.6 Å². The topological polar surface area (TPSA) is 46.5 Å². The second kappa shape index (κ2) is 4.77. The van der Waals surface area contributed by atoms with Crippen LogP contribution in [0.1, 0.15) is 0 Å². The van der Waals surface area contributed by atoms with Crippen molar-refractivity contribution in [1.29, 1.82) is 0 Å². The number of aliphatic carboxylic acids is 1. The normalized spacial score (nSPS) is 12.1. The molecule has 1 rings (SSSR count). The van der Waals surface area contributed by atoms with E-state index in [2.05, 4.69) is 0 Å². The van der Waals surface area contributed by atoms with Crippen molar-refractivity contribution in [3.05, 3.63) is 30.3 Å². The highest BCUT2D eigenvalue weighted by atomic mass is 32.2. The fourth-order valence-electron chi connectivity index (χ4n) is 0.822. The maximum Gasteiger partial charge on any atom is 0.355 e. The molecule has 0 amide bonds. The summed E-state index contributed by atoms with van der Waals surface area (Å²) < 4.78 is 5.19. The standard InChI is InChI=1S/C9H10O3S/c1-13-9(8(10)11)12-7-5-3-2-4-6-7/h2-6,9H,1H3,(H,10,11). The van der Waals surface area contributed by atoms with Crippen LogP contribution >= 0.6 is 11.8 Å². The summed E-state index contributed by atoms with van der Waals surface area (Å²) in [7, 11) is 0. The Hall–Kier alpha value is -1.16. The van der Waals surface area contributed by atoms with E-state index in [9.17, 15) is 4.79 Å². The maximum absolute atomic E-state index is 10.6. The van der Waals surface area contributed by atoms with Crippen molar-refractivity contribution in [3.63, 3.8) is 0 Å². The molecule has 4 heteroatoms. The van der Waals surface area contributed by atoms with Gasteiger partial charge in [0.05, 0.1) is 0 Å². The summed E-state index contributed by atoms with van der Waals surface area (Å²) in [4.78, 5) is 10.6. The molecule has 0 bridgehead atoms. The highest BCUT2D eigenvalue weighted by molar-refractivity contribution is 7.99. The highest BCUT2D eigenvalue weighted by Gasteiger charge is 2.16. The second-order valence-corrected chi connectivity index (χ2v) is 3.24. The SMILES string of the molecule is CSC(Oc1ccccc1)C(=O)O. The number of ether oxygens (including phenoxy) is 1. The number of hydrogen-bond acceptors (Lipinski definition) is 3. The second-order valence-electron chi connectivity index (χ2n) is 2.34. The van der Waals surface area contributed by atoms with E-state index < -0.39 is 11.4 Å². The third-order valence-corrected chi connectivity index (χ3v) is 2.13. The van der Waals surface area contributed by atoms with Gasteiger partial charge in [-0.2, -0.15) is 0 Å². The molecule has 0 spiro atoms. The van der Waals surface area contributed by atoms with Crippen molar-refractivity contribution in [1.82, 2.24) is 0 Å². The first kappa shape index (κ1) is 9.92. The minimum atomic E-state index is -0.962. The van der Waals surface area contributed by atoms with E-state index >= 15 is 0 Å². The lowest BCUT2D eigenvalue weighted by atomic mass is 10.3. The first-order valence-corrected chi connectivity index (χ1v) is 5.00. The van der Waals surface area contributed by atoms with Gasteiger partial charge in [0.15, 0.2) is 0 Å². The zero-order chi connectivity index (χ0) is 9.68. The van der Waals surface area contributed by atoms with Crippen LogP contribution in [0.3, 0.4) is 0 Å². The van der Waals surface area contributed by atoms with Gasteiger partial charge >= 0.3 is 5.97 Å². The quantitative estimate of drug-likeness (QED) is 0.750. The van der Waals surface area contributed by atoms with Crippen LogP contribution < -0.4 is 4.74 Å². The molecule has 3 nitrogen and oxygen atoms in total. The lowest BCUT2D eigenvalue weighted by molar-refractivity contribution is -0.140. The van der Waals surface area contributed by atoms with Crippen molar-refractivity contribution >= 4 is 17.7 Å². The fourth-order valence-corrected chi connectivity index (χ4v) is 1.23. The molecule has 0 saturated heterocycles. The fraction of sp³-hybridized carbons (Fsp3) is 0.222. The third-order valence-electron chi connectivity index (χ3n) is 1.40. The number of carbonyl (C=O) groups is 1. The molecule has 1 aromatic carbocycles. The van der Waals surface area contributed by atoms with Gasteiger partial charge in [-0.05, 0) is 18.4 Å². The van der Waals surface area contributed by atoms with Crippen LogP contribution in [-0.2, 0) is 4.79 Å². The Kier molecular flexibility index (Phi) is 3.64. The zero-order valence-corrected chi connectivity index (χ0v) is 7.95. The summed E-state index contributed by atoms with van der Waals surface area (Å²) >= 11 is 1.15. The lowest BCUT2D eigenvalue weighted by Crippen LogP contribution is -2.22. The molecule has 1 atom stereocenters. The first-order chi connectivity index (χ1) is 6.24. The molecular weight excluding hydrogens is 188 g/mol. The molecule has 1 N–H and O–H groups in total. The predicted octanol–water partition coefficient (Wildman–Crippen LogP) is 1.84. The average molecular weight is 198 g/mol. The number of carboxylic acids is 1. The van der Waals surface area contributed by atoms with Crippen LogP contribution in [0.15, 0.2) is 30.3 Å². The summed E-state index contributed by atoms with van der Waals surface area (Å²) in [6, 6.07) is 8.91. The number of hydrogen-bond donors (Lipinski definition) is 1. The third kappa shape index (κ3) is 2.99. The lowest BCUT2D eigenvalue weighted by Gasteiger charge is -2.11. The maximum atomic E-state index is 10.6. The molecule has 0 aliphatic rings. The summed E-state index contributed by atoms with van der Waals surface area (Å²) in [5, 5.41) is 8.69. The molecule has 0 aliphatic heterocycles. The van der Waals surface area contributed by atoms with Gasteiger partial charge in [0.1, 0.15) is 5.75 Å². The Morgan fingerprint density at radius 3 is 2.54 bits per heavy atom. The predicted molar refractivity (Wildman–Crippen MR) is 52.0 cm³/mol. The molecule has 13 heavy (non-hydrogen) atoms. The zero-order valence-electron chi connectivity index (χ0n) is 7.14. The van der Waals surface area contributed by atoms with Crippen LogP contribution in [0, 0.1) is 0 Å². The van der Waals surface area contributed by atoms with Crippen LogP contribution in [0.25, 0.3) is 0 Å². The minimum absolute atomic E-state index is 0.573. The van der Waals surface area contributed by atoms with Gasteiger partial charge in [-0.1, -0.05) is 18.2 Å². The van der Waals surface area contributed by atoms with E-state index in [4.69, 9.17) is 9.84 Å². The van der Waals surface area contributed by atoms with Gasteiger partial charge in [0.25, 0.3) is 0 Å². The molecule has 0 aliphatic carbocycles. The van der Waals surface area contributed by atoms with E-state index in [1.165, 1.54) is 0 Å². The smallest absolute Gasteiger partial charge is 0.355 e. The molecule has 0 saturated carbocycles. The van der Waals surface area contributed by atoms with Crippen molar-refractivity contribution in [3.8, 4) is 5.75 Å².